The van der Waals surface area contributed by atoms with E-state index in [4.69, 9.17) is 27.0 Å². The van der Waals surface area contributed by atoms with E-state index in [0.29, 0.717) is 0 Å². The van der Waals surface area contributed by atoms with E-state index in [1.165, 1.54) is 24.3 Å². The Hall–Kier alpha value is -3.92. The Morgan fingerprint density at radius 3 is 2.05 bits per heavy atom. The lowest BCUT2D eigenvalue weighted by Crippen LogP contribution is -2.64. The van der Waals surface area contributed by atoms with Crippen molar-refractivity contribution in [2.24, 2.45) is 29.0 Å². The molecule has 0 fully saturated rings. The van der Waals surface area contributed by atoms with E-state index in [1.807, 2.05) is 0 Å². The van der Waals surface area contributed by atoms with E-state index in [9.17, 15) is 44.1 Å². The van der Waals surface area contributed by atoms with Crippen LogP contribution < -0.4 is 22.5 Å². The number of carboxylic acid groups (broad SMARTS) is 1. The predicted molar refractivity (Wildman–Crippen MR) is 128 cm³/mol. The highest BCUT2D eigenvalue weighted by Crippen LogP contribution is 2.34. The number of rotatable bonds is 17. The standard InChI is InChI=1S/C23H32N4O11/c1-23(22(26)37,16(20(25)35)12(19(24)34)7-8-15(31)32)38-18(17(33)14(30)10-29)13(9-28)27-21(36)11-5-3-2-4-6-11/h2-6,9,12-14,16-18,29-30,33H,7-8,10H2,1H3,(H2,24,34)(H2,25,35)(H2,26,37)(H,27,36)(H,31,32)/t12?,13-,14+,16?,17+,18+,23?/m0/s1. The van der Waals surface area contributed by atoms with Gasteiger partial charge in [-0.2, -0.15) is 0 Å². The number of hydrogen-bond acceptors (Lipinski definition) is 10. The molecule has 0 spiro atoms. The Labute approximate surface area is 216 Å². The van der Waals surface area contributed by atoms with Crippen LogP contribution in [0.5, 0.6) is 0 Å². The molecule has 38 heavy (non-hydrogen) atoms. The van der Waals surface area contributed by atoms with E-state index >= 15 is 0 Å². The monoisotopic (exact) mass is 540 g/mol. The summed E-state index contributed by atoms with van der Waals surface area (Å²) in [5.41, 5.74) is 13.7. The second-order valence-electron chi connectivity index (χ2n) is 8.62. The van der Waals surface area contributed by atoms with Crippen LogP contribution in [-0.2, 0) is 28.7 Å². The second-order valence-corrected chi connectivity index (χ2v) is 8.62. The van der Waals surface area contributed by atoms with E-state index in [-0.39, 0.29) is 11.8 Å². The first-order valence-corrected chi connectivity index (χ1v) is 11.3. The van der Waals surface area contributed by atoms with Gasteiger partial charge in [0.2, 0.25) is 17.7 Å². The van der Waals surface area contributed by atoms with Gasteiger partial charge in [0, 0.05) is 12.0 Å². The first kappa shape index (κ1) is 32.1. The fraction of sp³-hybridized carbons (Fsp3) is 0.478. The SMILES string of the molecule is CC(O[C@@H]([C@H](O)[C@H](O)CO)[C@H](C=O)NC(=O)c1ccccc1)(C(N)=O)C(C(N)=O)C(CCC(=O)O)C(N)=O. The van der Waals surface area contributed by atoms with Crippen LogP contribution in [-0.4, -0.2) is 92.9 Å². The van der Waals surface area contributed by atoms with Crippen molar-refractivity contribution in [1.82, 2.24) is 5.32 Å². The summed E-state index contributed by atoms with van der Waals surface area (Å²) in [5, 5.41) is 41.3. The van der Waals surface area contributed by atoms with Crippen LogP contribution in [0.15, 0.2) is 30.3 Å². The maximum Gasteiger partial charge on any atom is 0.303 e. The predicted octanol–water partition coefficient (Wildman–Crippen LogP) is -3.60. The molecular formula is C23H32N4O11. The van der Waals surface area contributed by atoms with Crippen LogP contribution in [0.1, 0.15) is 30.1 Å². The molecule has 1 rings (SSSR count). The molecule has 0 bridgehead atoms. The van der Waals surface area contributed by atoms with Crippen molar-refractivity contribution in [1.29, 1.82) is 0 Å². The van der Waals surface area contributed by atoms with Crippen LogP contribution in [0.2, 0.25) is 0 Å². The van der Waals surface area contributed by atoms with Crippen molar-refractivity contribution in [3.05, 3.63) is 35.9 Å². The Balaban J connectivity index is 3.60. The maximum atomic E-state index is 12.7. The molecule has 15 nitrogen and oxygen atoms in total. The Morgan fingerprint density at radius 2 is 1.63 bits per heavy atom. The molecule has 0 radical (unpaired) electrons. The molecule has 210 valence electrons. The number of benzene rings is 1. The van der Waals surface area contributed by atoms with Gasteiger partial charge in [0.25, 0.3) is 5.91 Å². The highest BCUT2D eigenvalue weighted by molar-refractivity contribution is 5.96. The number of carbonyl (C=O) groups excluding carboxylic acids is 5. The van der Waals surface area contributed by atoms with Crippen molar-refractivity contribution >= 4 is 35.9 Å². The minimum absolute atomic E-state index is 0.0745. The van der Waals surface area contributed by atoms with Crippen LogP contribution in [0.25, 0.3) is 0 Å². The molecule has 7 atom stereocenters. The number of amides is 4. The van der Waals surface area contributed by atoms with Gasteiger partial charge in [-0.1, -0.05) is 18.2 Å². The van der Waals surface area contributed by atoms with Crippen molar-refractivity contribution in [3.63, 3.8) is 0 Å². The van der Waals surface area contributed by atoms with Gasteiger partial charge in [0.15, 0.2) is 5.60 Å². The molecule has 4 amide bonds. The third-order valence-corrected chi connectivity index (χ3v) is 5.96. The van der Waals surface area contributed by atoms with Gasteiger partial charge in [-0.3, -0.25) is 24.0 Å². The molecule has 1 aromatic rings. The average molecular weight is 541 g/mol. The molecule has 0 saturated heterocycles. The minimum Gasteiger partial charge on any atom is -0.481 e. The summed E-state index contributed by atoms with van der Waals surface area (Å²) < 4.78 is 5.64. The van der Waals surface area contributed by atoms with Gasteiger partial charge in [0.05, 0.1) is 18.4 Å². The molecule has 0 aromatic heterocycles. The zero-order valence-corrected chi connectivity index (χ0v) is 20.4. The third-order valence-electron chi connectivity index (χ3n) is 5.96. The molecule has 11 N–H and O–H groups in total. The molecular weight excluding hydrogens is 508 g/mol. The van der Waals surface area contributed by atoms with Crippen molar-refractivity contribution in [2.75, 3.05) is 6.61 Å². The number of nitrogens with one attached hydrogen (secondary N) is 1. The molecule has 0 aliphatic rings. The summed E-state index contributed by atoms with van der Waals surface area (Å²) >= 11 is 0. The Morgan fingerprint density at radius 1 is 1.05 bits per heavy atom. The number of aliphatic carboxylic acids is 1. The Kier molecular flexibility index (Phi) is 11.9. The fourth-order valence-corrected chi connectivity index (χ4v) is 3.87. The summed E-state index contributed by atoms with van der Waals surface area (Å²) in [6.45, 7) is -0.179. The lowest BCUT2D eigenvalue weighted by atomic mass is 9.75. The first-order valence-electron chi connectivity index (χ1n) is 11.3. The molecule has 1 aromatic carbocycles. The van der Waals surface area contributed by atoms with E-state index in [0.717, 1.165) is 6.92 Å². The van der Waals surface area contributed by atoms with E-state index in [1.54, 1.807) is 6.07 Å². The second kappa shape index (κ2) is 14.1. The minimum atomic E-state index is -2.65. The zero-order valence-electron chi connectivity index (χ0n) is 20.4. The van der Waals surface area contributed by atoms with Gasteiger partial charge in [0.1, 0.15) is 30.6 Å². The number of nitrogens with two attached hydrogens (primary N) is 3. The van der Waals surface area contributed by atoms with Gasteiger partial charge in [-0.05, 0) is 25.5 Å². The molecule has 15 heteroatoms. The molecule has 0 aliphatic carbocycles. The fourth-order valence-electron chi connectivity index (χ4n) is 3.87. The van der Waals surface area contributed by atoms with Crippen molar-refractivity contribution in [3.8, 4) is 0 Å². The normalized spacial score (nSPS) is 17.5. The maximum absolute atomic E-state index is 12.7. The zero-order chi connectivity index (χ0) is 29.2. The van der Waals surface area contributed by atoms with Crippen LogP contribution in [0.4, 0.5) is 0 Å². The summed E-state index contributed by atoms with van der Waals surface area (Å²) in [5.74, 6) is -9.99. The van der Waals surface area contributed by atoms with Crippen LogP contribution in [0, 0.1) is 11.8 Å². The number of carbonyl (C=O) groups is 6. The number of aliphatic hydroxyl groups is 3. The topological polar surface area (TPSA) is 283 Å². The molecule has 0 heterocycles. The quantitative estimate of drug-likeness (QED) is 0.0893. The summed E-state index contributed by atoms with van der Waals surface area (Å²) in [6, 6.07) is 5.61. The molecule has 3 unspecified atom stereocenters. The third kappa shape index (κ3) is 8.04. The highest BCUT2D eigenvalue weighted by atomic mass is 16.5. The number of primary amides is 3. The number of aliphatic hydroxyl groups excluding tert-OH is 3. The smallest absolute Gasteiger partial charge is 0.303 e. The van der Waals surface area contributed by atoms with Crippen LogP contribution >= 0.6 is 0 Å². The molecule has 0 aliphatic heterocycles. The number of hydrogen-bond donors (Lipinski definition) is 8. The average Bonchev–Trinajstić information content (AvgIpc) is 2.86. The number of carboxylic acids is 1. The highest BCUT2D eigenvalue weighted by Gasteiger charge is 2.53. The van der Waals surface area contributed by atoms with Gasteiger partial charge >= 0.3 is 5.97 Å². The lowest BCUT2D eigenvalue weighted by Gasteiger charge is -2.42. The largest absolute Gasteiger partial charge is 0.481 e. The first-order chi connectivity index (χ1) is 17.7. The van der Waals surface area contributed by atoms with E-state index < -0.39 is 90.8 Å². The number of ether oxygens (including phenoxy) is 1. The van der Waals surface area contributed by atoms with Gasteiger partial charge < -0.3 is 52.5 Å². The van der Waals surface area contributed by atoms with E-state index in [2.05, 4.69) is 5.32 Å². The van der Waals surface area contributed by atoms with Gasteiger partial charge in [-0.25, -0.2) is 0 Å². The summed E-state index contributed by atoms with van der Waals surface area (Å²) in [4.78, 5) is 73.0. The van der Waals surface area contributed by atoms with Gasteiger partial charge in [-0.15, -0.1) is 0 Å². The summed E-state index contributed by atoms with van der Waals surface area (Å²) in [7, 11) is 0. The summed E-state index contributed by atoms with van der Waals surface area (Å²) in [6.07, 6.45) is -7.38. The molecule has 0 saturated carbocycles. The lowest BCUT2D eigenvalue weighted by molar-refractivity contribution is -0.195. The van der Waals surface area contributed by atoms with Crippen molar-refractivity contribution < 1.29 is 53.9 Å². The van der Waals surface area contributed by atoms with Crippen LogP contribution in [0.3, 0.4) is 0 Å². The Bertz CT molecular complexity index is 1020. The number of aldehydes is 1. The van der Waals surface area contributed by atoms with Crippen molar-refractivity contribution in [2.45, 2.75) is 49.7 Å².